The second-order valence-corrected chi connectivity index (χ2v) is 5.70. The van der Waals surface area contributed by atoms with Gasteiger partial charge in [0.2, 0.25) is 23.3 Å². The van der Waals surface area contributed by atoms with Gasteiger partial charge in [-0.1, -0.05) is 0 Å². The number of anilines is 4. The summed E-state index contributed by atoms with van der Waals surface area (Å²) in [6.07, 6.45) is 0. The van der Waals surface area contributed by atoms with Gasteiger partial charge in [-0.15, -0.1) is 9.81 Å². The molecule has 0 unspecified atom stereocenters. The van der Waals surface area contributed by atoms with Crippen molar-refractivity contribution in [3.63, 3.8) is 0 Å². The van der Waals surface area contributed by atoms with E-state index < -0.39 is 47.5 Å². The number of carboxylic acids is 2. The zero-order valence-electron chi connectivity index (χ0n) is 22.2. The Balaban J connectivity index is -0.0000000421. The monoisotopic (exact) mass is 691 g/mol. The van der Waals surface area contributed by atoms with Gasteiger partial charge in [0.05, 0.1) is 25.0 Å². The second-order valence-electron chi connectivity index (χ2n) is 5.70. The molecule has 0 aromatic carbocycles. The molecule has 2 rings (SSSR count). The third-order valence-electron chi connectivity index (χ3n) is 3.55. The molecule has 257 valence electrons. The van der Waals surface area contributed by atoms with Crippen molar-refractivity contribution >= 4 is 46.8 Å². The first-order valence-electron chi connectivity index (χ1n) is 8.21. The van der Waals surface area contributed by atoms with Gasteiger partial charge >= 0.3 is 17.1 Å². The zero-order valence-corrected chi connectivity index (χ0v) is 23.4. The molecular weight excluding hydrogens is 651 g/mol. The van der Waals surface area contributed by atoms with Crippen LogP contribution in [0.4, 0.5) is 34.9 Å². The number of nitrogens with zero attached hydrogens (tertiary/aromatic N) is 6. The molecule has 30 N–H and O–H groups in total. The number of carbonyl (C=O) groups excluding carboxylic acids is 2. The molecule has 0 saturated carbocycles. The van der Waals surface area contributed by atoms with Crippen LogP contribution in [0.1, 0.15) is 0 Å². The molecule has 29 heteroatoms. The Morgan fingerprint density at radius 2 is 0.930 bits per heavy atom. The molecule has 0 bridgehead atoms. The smallest absolute Gasteiger partial charge is 0.548 e. The Morgan fingerprint density at radius 1 is 0.698 bits per heavy atom. The van der Waals surface area contributed by atoms with E-state index in [4.69, 9.17) is 11.5 Å². The van der Waals surface area contributed by atoms with Crippen LogP contribution in [0.3, 0.4) is 0 Å². The standard InChI is InChI=1S/2C7H9N5O4.Mn.10H2O/c2*1-12-6(15)4(11-16)5(8)10-7(12)9-2-3(13)14;;;;;;;;;;;/h2*2,8H2,1H3,(H,9,10)(H,13,14);;10*1H2/q;;+2;;;;;;;;;;/p+2. The van der Waals surface area contributed by atoms with Crippen molar-refractivity contribution in [1.29, 1.82) is 0 Å². The number of nitrogens with two attached hydrogens (primary N) is 2. The van der Waals surface area contributed by atoms with Gasteiger partial charge < -0.3 is 96.7 Å². The molecule has 0 saturated heterocycles. The van der Waals surface area contributed by atoms with Crippen LogP contribution in [0.15, 0.2) is 19.9 Å². The average Bonchev–Trinajstić information content (AvgIpc) is 2.72. The van der Waals surface area contributed by atoms with Crippen LogP contribution in [-0.4, -0.2) is 77.0 Å². The molecule has 1 radical (unpaired) electrons. The van der Waals surface area contributed by atoms with E-state index in [1.54, 1.807) is 0 Å². The first-order chi connectivity index (χ1) is 14.9. The summed E-state index contributed by atoms with van der Waals surface area (Å²) in [4.78, 5) is 71.0. The second kappa shape index (κ2) is 31.7. The van der Waals surface area contributed by atoms with Crippen molar-refractivity contribution in [3.8, 4) is 0 Å². The predicted octanol–water partition coefficient (Wildman–Crippen LogP) is -12.8. The van der Waals surface area contributed by atoms with Crippen LogP contribution in [0.5, 0.6) is 0 Å². The van der Waals surface area contributed by atoms with E-state index in [1.165, 1.54) is 14.1 Å². The van der Waals surface area contributed by atoms with Crippen LogP contribution >= 0.6 is 0 Å². The van der Waals surface area contributed by atoms with Gasteiger partial charge in [-0.2, -0.15) is 9.97 Å². The van der Waals surface area contributed by atoms with Gasteiger partial charge in [-0.3, -0.25) is 18.7 Å². The van der Waals surface area contributed by atoms with Crippen molar-refractivity contribution in [3.05, 3.63) is 30.5 Å². The summed E-state index contributed by atoms with van der Waals surface area (Å²) < 4.78 is 1.85. The minimum Gasteiger partial charge on any atom is -0.548 e. The molecule has 0 aliphatic carbocycles. The van der Waals surface area contributed by atoms with Crippen molar-refractivity contribution in [2.24, 2.45) is 24.4 Å². The van der Waals surface area contributed by atoms with Crippen molar-refractivity contribution in [2.75, 3.05) is 35.2 Å². The number of nitrogen functional groups attached to an aromatic ring is 2. The Labute approximate surface area is 248 Å². The van der Waals surface area contributed by atoms with E-state index in [2.05, 4.69) is 31.0 Å². The van der Waals surface area contributed by atoms with Crippen molar-refractivity contribution < 1.29 is 91.6 Å². The number of hydrogen-bond acceptors (Lipinski definition) is 16. The van der Waals surface area contributed by atoms with Gasteiger partial charge in [-0.25, -0.2) is 0 Å². The van der Waals surface area contributed by atoms with Crippen molar-refractivity contribution in [2.45, 2.75) is 0 Å². The molecule has 0 atom stereocenters. The van der Waals surface area contributed by atoms with Crippen molar-refractivity contribution in [1.82, 2.24) is 19.1 Å². The molecule has 28 nitrogen and oxygen atoms in total. The van der Waals surface area contributed by atoms with Gasteiger partial charge in [0.15, 0.2) is 11.6 Å². The fraction of sp³-hybridized carbons (Fsp3) is 0.286. The summed E-state index contributed by atoms with van der Waals surface area (Å²) in [6.45, 7) is -1.07. The summed E-state index contributed by atoms with van der Waals surface area (Å²) in [5.74, 6) is -3.63. The summed E-state index contributed by atoms with van der Waals surface area (Å²) in [5, 5.41) is 29.9. The van der Waals surface area contributed by atoms with E-state index in [0.29, 0.717) is 0 Å². The summed E-state index contributed by atoms with van der Waals surface area (Å²) in [6, 6.07) is 0. The fourth-order valence-electron chi connectivity index (χ4n) is 2.00. The van der Waals surface area contributed by atoms with E-state index in [9.17, 15) is 39.2 Å². The van der Waals surface area contributed by atoms with Crippen LogP contribution in [0.2, 0.25) is 0 Å². The summed E-state index contributed by atoms with van der Waals surface area (Å²) in [5.41, 5.74) is 8.03. The Morgan fingerprint density at radius 3 is 1.12 bits per heavy atom. The maximum Gasteiger partial charge on any atom is 2.00 e. The number of aliphatic carboxylic acids is 2. The first-order valence-corrected chi connectivity index (χ1v) is 8.21. The van der Waals surface area contributed by atoms with E-state index in [-0.39, 0.29) is 95.4 Å². The predicted molar refractivity (Wildman–Crippen MR) is 147 cm³/mol. The van der Waals surface area contributed by atoms with Crippen LogP contribution in [0, 0.1) is 9.81 Å². The Bertz CT molecular complexity index is 1100. The minimum atomic E-state index is -1.37. The van der Waals surface area contributed by atoms with Crippen LogP contribution in [0.25, 0.3) is 0 Å². The number of aromatic nitrogens is 4. The quantitative estimate of drug-likeness (QED) is 0.113. The average molecular weight is 691 g/mol. The Hall–Kier alpha value is -4.78. The molecule has 0 aliphatic heterocycles. The number of nitrogens with one attached hydrogen (secondary N) is 2. The van der Waals surface area contributed by atoms with Gasteiger partial charge in [0, 0.05) is 14.1 Å². The fourth-order valence-corrected chi connectivity index (χ4v) is 2.00. The van der Waals surface area contributed by atoms with Gasteiger partial charge in [0.1, 0.15) is 0 Å². The number of carboxylic acid groups (broad SMARTS) is 2. The number of nitroso groups, excluding NO2 is 2. The topological polar surface area (TPSA) is 606 Å². The number of hydrogen-bond donors (Lipinski definition) is 4. The van der Waals surface area contributed by atoms with Crippen LogP contribution < -0.4 is 43.4 Å². The maximum absolute atomic E-state index is 11.4. The number of rotatable bonds is 8. The van der Waals surface area contributed by atoms with E-state index in [1.807, 2.05) is 0 Å². The first kappa shape index (κ1) is 71.5. The largest absolute Gasteiger partial charge is 2.00 e. The molecular formula is C14H40MnN10O18+4. The maximum atomic E-state index is 11.4. The molecule has 2 aromatic heterocycles. The zero-order chi connectivity index (χ0) is 24.6. The normalized spacial score (nSPS) is 7.30. The molecule has 43 heavy (non-hydrogen) atoms. The molecule has 0 amide bonds. The third kappa shape index (κ3) is 19.1. The van der Waals surface area contributed by atoms with Crippen LogP contribution in [-0.2, 0) is 62.7 Å². The molecule has 2 aromatic rings. The van der Waals surface area contributed by atoms with E-state index >= 15 is 0 Å². The minimum absolute atomic E-state index is 0. The summed E-state index contributed by atoms with van der Waals surface area (Å²) in [7, 11) is 2.59. The van der Waals surface area contributed by atoms with Gasteiger partial charge in [-0.05, 0) is 10.4 Å². The molecule has 2 heterocycles. The Kier molecular flexibility index (Phi) is 52.8. The SMILES string of the molecule is Cn1c(NCC(=O)[O-])nc(N)c(N=O)c1=O.Cn1c(NCC(=O)[O-])nc(N)c(N=O)c1=O.O.O.O.O.O.O.[Mn+2].[OH3+].[OH3+].[OH3+].[OH3+]. The number of carbonyl (C=O) groups is 2. The van der Waals surface area contributed by atoms with Gasteiger partial charge in [0.25, 0.3) is 11.1 Å². The van der Waals surface area contributed by atoms with E-state index in [0.717, 1.165) is 9.13 Å². The molecule has 0 fully saturated rings. The molecule has 0 spiro atoms. The summed E-state index contributed by atoms with van der Waals surface area (Å²) >= 11 is 0. The third-order valence-corrected chi connectivity index (χ3v) is 3.55. The molecule has 0 aliphatic rings.